The van der Waals surface area contributed by atoms with Gasteiger partial charge in [0.05, 0.1) is 0 Å². The van der Waals surface area contributed by atoms with E-state index in [4.69, 9.17) is 16.3 Å². The van der Waals surface area contributed by atoms with Crippen LogP contribution >= 0.6 is 52.3 Å². The highest BCUT2D eigenvalue weighted by atomic mass is 79.9. The maximum atomic E-state index is 10.2. The van der Waals surface area contributed by atoms with E-state index in [0.29, 0.717) is 13.2 Å². The standard InChI is InChI=1S/C20H24BrClN2O2.2ClH/c21-17-3-7-20(8-4-17)26-15-19(25)14-24-11-9-23(10-12-24)13-16-1-5-18(22)6-2-16;;/h1-8,19,25H,9-15H2;2*1H. The number of aliphatic hydroxyl groups is 1. The molecule has 1 unspecified atom stereocenters. The molecule has 1 atom stereocenters. The Kier molecular flexibility index (Phi) is 11.8. The maximum Gasteiger partial charge on any atom is 0.119 e. The van der Waals surface area contributed by atoms with Crippen molar-refractivity contribution in [1.82, 2.24) is 9.80 Å². The van der Waals surface area contributed by atoms with Crippen LogP contribution in [0.3, 0.4) is 0 Å². The second kappa shape index (κ2) is 12.9. The van der Waals surface area contributed by atoms with E-state index in [2.05, 4.69) is 37.9 Å². The number of nitrogens with zero attached hydrogens (tertiary/aromatic N) is 2. The first-order chi connectivity index (χ1) is 12.6. The summed E-state index contributed by atoms with van der Waals surface area (Å²) in [5, 5.41) is 11.0. The van der Waals surface area contributed by atoms with Crippen LogP contribution in [0, 0.1) is 0 Å². The van der Waals surface area contributed by atoms with Crippen LogP contribution in [-0.4, -0.2) is 60.3 Å². The first kappa shape index (κ1) is 25.5. The first-order valence-corrected chi connectivity index (χ1v) is 10.0. The van der Waals surface area contributed by atoms with Gasteiger partial charge in [0.2, 0.25) is 0 Å². The predicted molar refractivity (Wildman–Crippen MR) is 123 cm³/mol. The number of hydrogen-bond acceptors (Lipinski definition) is 4. The molecular weight excluding hydrogens is 486 g/mol. The van der Waals surface area contributed by atoms with E-state index in [1.165, 1.54) is 5.56 Å². The van der Waals surface area contributed by atoms with Crippen molar-refractivity contribution >= 4 is 52.3 Å². The lowest BCUT2D eigenvalue weighted by atomic mass is 10.2. The molecule has 0 aliphatic carbocycles. The Morgan fingerprint density at radius 3 is 2.11 bits per heavy atom. The van der Waals surface area contributed by atoms with Crippen LogP contribution in [0.4, 0.5) is 0 Å². The van der Waals surface area contributed by atoms with Gasteiger partial charge in [0.1, 0.15) is 18.5 Å². The fourth-order valence-corrected chi connectivity index (χ4v) is 3.44. The van der Waals surface area contributed by atoms with Crippen LogP contribution in [0.5, 0.6) is 5.75 Å². The largest absolute Gasteiger partial charge is 0.491 e. The van der Waals surface area contributed by atoms with Crippen LogP contribution in [0.1, 0.15) is 5.56 Å². The fraction of sp³-hybridized carbons (Fsp3) is 0.400. The molecule has 2 aromatic carbocycles. The summed E-state index contributed by atoms with van der Waals surface area (Å²) in [6, 6.07) is 15.7. The molecule has 2 aromatic rings. The highest BCUT2D eigenvalue weighted by Crippen LogP contribution is 2.16. The molecule has 0 radical (unpaired) electrons. The lowest BCUT2D eigenvalue weighted by molar-refractivity contribution is 0.0446. The predicted octanol–water partition coefficient (Wildman–Crippen LogP) is 4.50. The van der Waals surface area contributed by atoms with Crippen molar-refractivity contribution in [2.24, 2.45) is 0 Å². The maximum absolute atomic E-state index is 10.2. The van der Waals surface area contributed by atoms with Gasteiger partial charge < -0.3 is 9.84 Å². The zero-order chi connectivity index (χ0) is 18.4. The normalized spacial score (nSPS) is 16.0. The van der Waals surface area contributed by atoms with Crippen molar-refractivity contribution in [3.8, 4) is 5.75 Å². The highest BCUT2D eigenvalue weighted by molar-refractivity contribution is 9.10. The molecule has 0 amide bonds. The Morgan fingerprint density at radius 2 is 1.50 bits per heavy atom. The van der Waals surface area contributed by atoms with Gasteiger partial charge in [-0.1, -0.05) is 39.7 Å². The van der Waals surface area contributed by atoms with Crippen LogP contribution in [0.15, 0.2) is 53.0 Å². The number of ether oxygens (including phenoxy) is 1. The Hall–Kier alpha value is -0.530. The lowest BCUT2D eigenvalue weighted by Crippen LogP contribution is -2.48. The first-order valence-electron chi connectivity index (χ1n) is 8.84. The smallest absolute Gasteiger partial charge is 0.119 e. The average Bonchev–Trinajstić information content (AvgIpc) is 2.65. The van der Waals surface area contributed by atoms with E-state index >= 15 is 0 Å². The van der Waals surface area contributed by atoms with E-state index in [0.717, 1.165) is 48.0 Å². The molecule has 3 rings (SSSR count). The van der Waals surface area contributed by atoms with Crippen molar-refractivity contribution < 1.29 is 9.84 Å². The van der Waals surface area contributed by atoms with Crippen molar-refractivity contribution in [3.63, 3.8) is 0 Å². The minimum Gasteiger partial charge on any atom is -0.491 e. The SMILES string of the molecule is Cl.Cl.OC(COc1ccc(Br)cc1)CN1CCN(Cc2ccc(Cl)cc2)CC1. The lowest BCUT2D eigenvalue weighted by Gasteiger charge is -2.35. The Morgan fingerprint density at radius 1 is 0.929 bits per heavy atom. The zero-order valence-electron chi connectivity index (χ0n) is 15.5. The molecule has 0 aromatic heterocycles. The Balaban J connectivity index is 0.00000196. The number of rotatable bonds is 7. The third-order valence-corrected chi connectivity index (χ3v) is 5.29. The van der Waals surface area contributed by atoms with E-state index in [9.17, 15) is 5.11 Å². The second-order valence-corrected chi connectivity index (χ2v) is 7.97. The molecule has 1 fully saturated rings. The zero-order valence-corrected chi connectivity index (χ0v) is 19.4. The minimum atomic E-state index is -0.485. The van der Waals surface area contributed by atoms with E-state index < -0.39 is 6.10 Å². The molecule has 0 spiro atoms. The summed E-state index contributed by atoms with van der Waals surface area (Å²) in [4.78, 5) is 4.73. The highest BCUT2D eigenvalue weighted by Gasteiger charge is 2.19. The van der Waals surface area contributed by atoms with Crippen LogP contribution in [0.25, 0.3) is 0 Å². The molecule has 0 bridgehead atoms. The monoisotopic (exact) mass is 510 g/mol. The van der Waals surface area contributed by atoms with Gasteiger partial charge in [-0.05, 0) is 42.0 Å². The third-order valence-electron chi connectivity index (χ3n) is 4.51. The van der Waals surface area contributed by atoms with Crippen molar-refractivity contribution in [2.75, 3.05) is 39.3 Å². The van der Waals surface area contributed by atoms with Crippen molar-refractivity contribution in [2.45, 2.75) is 12.6 Å². The fourth-order valence-electron chi connectivity index (χ4n) is 3.05. The molecule has 1 N–H and O–H groups in total. The van der Waals surface area contributed by atoms with Crippen LogP contribution in [-0.2, 0) is 6.54 Å². The molecule has 156 valence electrons. The third kappa shape index (κ3) is 8.46. The van der Waals surface area contributed by atoms with Crippen LogP contribution < -0.4 is 4.74 Å². The van der Waals surface area contributed by atoms with Gasteiger partial charge in [0, 0.05) is 48.8 Å². The molecule has 1 aliphatic rings. The van der Waals surface area contributed by atoms with Gasteiger partial charge in [-0.25, -0.2) is 0 Å². The summed E-state index contributed by atoms with van der Waals surface area (Å²) in [7, 11) is 0. The minimum absolute atomic E-state index is 0. The summed E-state index contributed by atoms with van der Waals surface area (Å²) >= 11 is 9.34. The summed E-state index contributed by atoms with van der Waals surface area (Å²) < 4.78 is 6.67. The molecule has 4 nitrogen and oxygen atoms in total. The Labute approximate surface area is 192 Å². The van der Waals surface area contributed by atoms with Crippen molar-refractivity contribution in [1.29, 1.82) is 0 Å². The van der Waals surface area contributed by atoms with Crippen LogP contribution in [0.2, 0.25) is 5.02 Å². The number of halogens is 4. The number of β-amino-alcohol motifs (C(OH)–C–C–N with tert-alkyl or cyclic N) is 1. The second-order valence-electron chi connectivity index (χ2n) is 6.62. The van der Waals surface area contributed by atoms with E-state index in [-0.39, 0.29) is 24.8 Å². The molecule has 1 saturated heterocycles. The molecule has 1 heterocycles. The molecule has 28 heavy (non-hydrogen) atoms. The summed E-state index contributed by atoms with van der Waals surface area (Å²) in [5.74, 6) is 0.778. The van der Waals surface area contributed by atoms with Gasteiger partial charge in [-0.2, -0.15) is 0 Å². The summed E-state index contributed by atoms with van der Waals surface area (Å²) in [5.41, 5.74) is 1.28. The van der Waals surface area contributed by atoms with Gasteiger partial charge in [-0.15, -0.1) is 24.8 Å². The number of hydrogen-bond donors (Lipinski definition) is 1. The van der Waals surface area contributed by atoms with Gasteiger partial charge in [0.15, 0.2) is 0 Å². The average molecular weight is 513 g/mol. The Bertz CT molecular complexity index is 681. The molecule has 0 saturated carbocycles. The quantitative estimate of drug-likeness (QED) is 0.593. The number of benzene rings is 2. The topological polar surface area (TPSA) is 35.9 Å². The van der Waals surface area contributed by atoms with Gasteiger partial charge in [-0.3, -0.25) is 9.80 Å². The summed E-state index contributed by atoms with van der Waals surface area (Å²) in [6.45, 7) is 5.83. The number of aliphatic hydroxyl groups excluding tert-OH is 1. The molecule has 1 aliphatic heterocycles. The summed E-state index contributed by atoms with van der Waals surface area (Å²) in [6.07, 6.45) is -0.485. The molecular formula is C20H26BrCl3N2O2. The van der Waals surface area contributed by atoms with E-state index in [1.54, 1.807) is 0 Å². The van der Waals surface area contributed by atoms with Gasteiger partial charge >= 0.3 is 0 Å². The molecule has 8 heteroatoms. The number of piperazine rings is 1. The van der Waals surface area contributed by atoms with Gasteiger partial charge in [0.25, 0.3) is 0 Å². The van der Waals surface area contributed by atoms with Crippen molar-refractivity contribution in [3.05, 3.63) is 63.6 Å². The van der Waals surface area contributed by atoms with E-state index in [1.807, 2.05) is 36.4 Å².